The van der Waals surface area contributed by atoms with Gasteiger partial charge < -0.3 is 0 Å². The maximum atomic E-state index is 12.8. The molecule has 0 aliphatic carbocycles. The largest absolute Gasteiger partial charge is 0.281 e. The fourth-order valence-electron chi connectivity index (χ4n) is 2.70. The van der Waals surface area contributed by atoms with E-state index in [1.165, 1.54) is 11.3 Å². The molecule has 1 N–H and O–H groups in total. The molecule has 0 spiro atoms. The molecule has 0 radical (unpaired) electrons. The highest BCUT2D eigenvalue weighted by atomic mass is 32.2. The maximum Gasteiger partial charge on any atom is 0.253 e. The zero-order valence-corrected chi connectivity index (χ0v) is 12.9. The van der Waals surface area contributed by atoms with Crippen LogP contribution in [0.1, 0.15) is 36.6 Å². The van der Waals surface area contributed by atoms with Crippen LogP contribution in [0.15, 0.2) is 27.9 Å². The molecule has 5 nitrogen and oxygen atoms in total. The van der Waals surface area contributed by atoms with E-state index in [0.29, 0.717) is 10.8 Å². The number of nitrogens with zero attached hydrogens (tertiary/aromatic N) is 2. The van der Waals surface area contributed by atoms with Crippen molar-refractivity contribution in [1.82, 2.24) is 14.5 Å². The smallest absolute Gasteiger partial charge is 0.253 e. The summed E-state index contributed by atoms with van der Waals surface area (Å²) < 4.78 is 27.6. The number of nitrogens with one attached hydrogen (secondary N) is 1. The molecule has 2 aromatic rings. The Kier molecular flexibility index (Phi) is 3.66. The predicted octanol–water partition coefficient (Wildman–Crippen LogP) is 2.70. The van der Waals surface area contributed by atoms with Crippen LogP contribution in [0.4, 0.5) is 0 Å². The molecule has 0 aromatic carbocycles. The molecule has 3 heterocycles. The zero-order chi connectivity index (χ0) is 14.2. The van der Waals surface area contributed by atoms with Crippen molar-refractivity contribution in [3.8, 4) is 0 Å². The molecule has 3 rings (SSSR count). The lowest BCUT2D eigenvalue weighted by molar-refractivity contribution is 0.251. The van der Waals surface area contributed by atoms with Crippen LogP contribution in [0.3, 0.4) is 0 Å². The summed E-state index contributed by atoms with van der Waals surface area (Å²) >= 11 is 1.27. The van der Waals surface area contributed by atoms with Gasteiger partial charge in [-0.2, -0.15) is 9.40 Å². The second kappa shape index (κ2) is 5.31. The van der Waals surface area contributed by atoms with Gasteiger partial charge in [0.1, 0.15) is 4.21 Å². The Balaban J connectivity index is 2.00. The number of thiophene rings is 1. The first-order valence-electron chi connectivity index (χ1n) is 6.66. The monoisotopic (exact) mass is 311 g/mol. The number of aromatic nitrogens is 2. The molecule has 0 unspecified atom stereocenters. The Hall–Kier alpha value is -1.18. The minimum Gasteiger partial charge on any atom is -0.281 e. The summed E-state index contributed by atoms with van der Waals surface area (Å²) in [5.74, 6) is 0. The molecular weight excluding hydrogens is 294 g/mol. The molecule has 1 atom stereocenters. The third kappa shape index (κ3) is 2.30. The molecule has 1 fully saturated rings. The summed E-state index contributed by atoms with van der Waals surface area (Å²) in [6, 6.07) is 3.32. The van der Waals surface area contributed by atoms with E-state index < -0.39 is 10.0 Å². The summed E-state index contributed by atoms with van der Waals surface area (Å²) in [5.41, 5.74) is 1.94. The Morgan fingerprint density at radius 1 is 1.45 bits per heavy atom. The average molecular weight is 311 g/mol. The highest BCUT2D eigenvalue weighted by Gasteiger charge is 2.36. The number of H-pyrrole nitrogens is 1. The van der Waals surface area contributed by atoms with Gasteiger partial charge in [-0.1, -0.05) is 12.5 Å². The first kappa shape index (κ1) is 13.8. The molecule has 0 bridgehead atoms. The van der Waals surface area contributed by atoms with Crippen LogP contribution >= 0.6 is 11.3 Å². The number of hydrogen-bond donors (Lipinski definition) is 1. The highest BCUT2D eigenvalue weighted by Crippen LogP contribution is 2.36. The normalized spacial score (nSPS) is 21.1. The van der Waals surface area contributed by atoms with Gasteiger partial charge >= 0.3 is 0 Å². The van der Waals surface area contributed by atoms with Gasteiger partial charge in [-0.25, -0.2) is 8.42 Å². The van der Waals surface area contributed by atoms with E-state index in [4.69, 9.17) is 0 Å². The van der Waals surface area contributed by atoms with E-state index in [2.05, 4.69) is 10.2 Å². The van der Waals surface area contributed by atoms with Crippen molar-refractivity contribution in [2.75, 3.05) is 6.54 Å². The van der Waals surface area contributed by atoms with E-state index in [9.17, 15) is 8.42 Å². The van der Waals surface area contributed by atoms with E-state index >= 15 is 0 Å². The zero-order valence-electron chi connectivity index (χ0n) is 11.2. The quantitative estimate of drug-likeness (QED) is 0.947. The summed E-state index contributed by atoms with van der Waals surface area (Å²) in [4.78, 5) is 0. The van der Waals surface area contributed by atoms with Crippen molar-refractivity contribution in [3.05, 3.63) is 35.0 Å². The van der Waals surface area contributed by atoms with Gasteiger partial charge in [0, 0.05) is 6.54 Å². The average Bonchev–Trinajstić information content (AvgIpc) is 3.10. The fraction of sp³-hybridized carbons (Fsp3) is 0.462. The van der Waals surface area contributed by atoms with Gasteiger partial charge in [-0.15, -0.1) is 11.3 Å². The van der Waals surface area contributed by atoms with Crippen LogP contribution in [0.2, 0.25) is 0 Å². The number of aromatic amines is 1. The van der Waals surface area contributed by atoms with Gasteiger partial charge in [0.2, 0.25) is 0 Å². The number of hydrogen-bond acceptors (Lipinski definition) is 4. The molecule has 1 aliphatic heterocycles. The van der Waals surface area contributed by atoms with Crippen LogP contribution in [0.25, 0.3) is 0 Å². The van der Waals surface area contributed by atoms with Crippen LogP contribution in [0, 0.1) is 6.92 Å². The van der Waals surface area contributed by atoms with Gasteiger partial charge in [0.15, 0.2) is 0 Å². The molecule has 7 heteroatoms. The Morgan fingerprint density at radius 2 is 2.30 bits per heavy atom. The van der Waals surface area contributed by atoms with Gasteiger partial charge in [0.25, 0.3) is 10.0 Å². The number of piperidine rings is 1. The second-order valence-corrected chi connectivity index (χ2v) is 8.09. The summed E-state index contributed by atoms with van der Waals surface area (Å²) in [5, 5.41) is 8.80. The fourth-order valence-corrected chi connectivity index (χ4v) is 5.49. The molecule has 20 heavy (non-hydrogen) atoms. The van der Waals surface area contributed by atoms with Gasteiger partial charge in [-0.05, 0) is 36.8 Å². The first-order valence-corrected chi connectivity index (χ1v) is 8.98. The van der Waals surface area contributed by atoms with Crippen molar-refractivity contribution in [1.29, 1.82) is 0 Å². The SMILES string of the molecule is Cc1cn[nH]c1[C@H]1CCCCN1S(=O)(=O)c1cccs1. The third-order valence-electron chi connectivity index (χ3n) is 3.71. The van der Waals surface area contributed by atoms with Gasteiger partial charge in [-0.3, -0.25) is 5.10 Å². The number of sulfonamides is 1. The van der Waals surface area contributed by atoms with E-state index in [-0.39, 0.29) is 6.04 Å². The van der Waals surface area contributed by atoms with E-state index in [1.807, 2.05) is 6.92 Å². The lowest BCUT2D eigenvalue weighted by Gasteiger charge is -2.34. The minimum absolute atomic E-state index is 0.127. The molecule has 2 aromatic heterocycles. The first-order chi connectivity index (χ1) is 9.60. The number of rotatable bonds is 3. The maximum absolute atomic E-state index is 12.8. The van der Waals surface area contributed by atoms with E-state index in [0.717, 1.165) is 30.5 Å². The molecule has 0 saturated carbocycles. The van der Waals surface area contributed by atoms with Crippen LogP contribution in [-0.4, -0.2) is 29.5 Å². The Morgan fingerprint density at radius 3 is 2.95 bits per heavy atom. The van der Waals surface area contributed by atoms with Crippen LogP contribution in [0.5, 0.6) is 0 Å². The lowest BCUT2D eigenvalue weighted by Crippen LogP contribution is -2.38. The molecule has 1 saturated heterocycles. The summed E-state index contributed by atoms with van der Waals surface area (Å²) in [6.07, 6.45) is 4.54. The van der Waals surface area contributed by atoms with Crippen molar-refractivity contribution in [2.24, 2.45) is 0 Å². The lowest BCUT2D eigenvalue weighted by atomic mass is 10.00. The number of aryl methyl sites for hydroxylation is 1. The topological polar surface area (TPSA) is 66.1 Å². The van der Waals surface area contributed by atoms with E-state index in [1.54, 1.807) is 28.0 Å². The Labute approximate surface area is 122 Å². The van der Waals surface area contributed by atoms with Crippen molar-refractivity contribution < 1.29 is 8.42 Å². The molecule has 108 valence electrons. The van der Waals surface area contributed by atoms with Crippen LogP contribution in [-0.2, 0) is 10.0 Å². The third-order valence-corrected chi connectivity index (χ3v) is 6.99. The van der Waals surface area contributed by atoms with Crippen molar-refractivity contribution in [2.45, 2.75) is 36.4 Å². The molecular formula is C13H17N3O2S2. The van der Waals surface area contributed by atoms with Crippen molar-refractivity contribution in [3.63, 3.8) is 0 Å². The second-order valence-electron chi connectivity index (χ2n) is 5.03. The standard InChI is InChI=1S/C13H17N3O2S2/c1-10-9-14-15-13(10)11-5-2-3-7-16(11)20(17,18)12-6-4-8-19-12/h4,6,8-9,11H,2-3,5,7H2,1H3,(H,14,15)/t11-/m1/s1. The van der Waals surface area contributed by atoms with Crippen molar-refractivity contribution >= 4 is 21.4 Å². The minimum atomic E-state index is -3.41. The molecule has 1 aliphatic rings. The predicted molar refractivity (Wildman–Crippen MR) is 78.1 cm³/mol. The molecule has 0 amide bonds. The summed E-state index contributed by atoms with van der Waals surface area (Å²) in [6.45, 7) is 2.53. The van der Waals surface area contributed by atoms with Gasteiger partial charge in [0.05, 0.1) is 17.9 Å². The Bertz CT molecular complexity index is 676. The van der Waals surface area contributed by atoms with Crippen LogP contribution < -0.4 is 0 Å². The summed E-state index contributed by atoms with van der Waals surface area (Å²) in [7, 11) is -3.41. The highest BCUT2D eigenvalue weighted by molar-refractivity contribution is 7.91.